The lowest BCUT2D eigenvalue weighted by atomic mass is 10.0. The smallest absolute Gasteiger partial charge is 0.306 e. The van der Waals surface area contributed by atoms with E-state index in [1.54, 1.807) is 0 Å². The predicted molar refractivity (Wildman–Crippen MR) is 287 cm³/mol. The summed E-state index contributed by atoms with van der Waals surface area (Å²) in [6.45, 7) is 6.51. The molecule has 3 atom stereocenters. The molecule has 0 aromatic rings. The summed E-state index contributed by atoms with van der Waals surface area (Å²) >= 11 is 0. The molecule has 1 amide bonds. The number of unbranched alkanes of at least 4 members (excludes halogenated alkanes) is 38. The third-order valence-corrected chi connectivity index (χ3v) is 13.8. The third-order valence-electron chi connectivity index (χ3n) is 13.8. The van der Waals surface area contributed by atoms with Crippen molar-refractivity contribution in [3.05, 3.63) is 24.3 Å². The number of carbonyl (C=O) groups is 2. The molecule has 390 valence electrons. The van der Waals surface area contributed by atoms with E-state index in [-0.39, 0.29) is 24.9 Å². The van der Waals surface area contributed by atoms with E-state index < -0.39 is 18.2 Å². The van der Waals surface area contributed by atoms with Gasteiger partial charge in [-0.05, 0) is 70.6 Å². The number of nitrogens with one attached hydrogen (secondary N) is 1. The Balaban J connectivity index is 4.47. The van der Waals surface area contributed by atoms with Crippen LogP contribution in [0.2, 0.25) is 0 Å². The molecular weight excluding hydrogens is 815 g/mol. The van der Waals surface area contributed by atoms with Gasteiger partial charge in [0.15, 0.2) is 0 Å². The number of aliphatic hydroxyl groups is 2. The minimum Gasteiger partial charge on any atom is -0.462 e. The summed E-state index contributed by atoms with van der Waals surface area (Å²) in [7, 11) is 0. The number of hydrogen-bond acceptors (Lipinski definition) is 5. The average Bonchev–Trinajstić information content (AvgIpc) is 3.31. The molecule has 0 heterocycles. The van der Waals surface area contributed by atoms with E-state index in [9.17, 15) is 19.8 Å². The number of ether oxygens (including phenoxy) is 1. The third kappa shape index (κ3) is 48.8. The van der Waals surface area contributed by atoms with Gasteiger partial charge in [0.05, 0.1) is 25.2 Å². The van der Waals surface area contributed by atoms with E-state index in [2.05, 4.69) is 50.4 Å². The molecule has 0 saturated carbocycles. The Labute approximate surface area is 411 Å². The molecule has 0 aromatic heterocycles. The van der Waals surface area contributed by atoms with Gasteiger partial charge in [-0.3, -0.25) is 9.59 Å². The number of hydrogen-bond donors (Lipinski definition) is 3. The van der Waals surface area contributed by atoms with Crippen LogP contribution in [0, 0.1) is 0 Å². The van der Waals surface area contributed by atoms with E-state index in [0.717, 1.165) is 57.8 Å². The fourth-order valence-electron chi connectivity index (χ4n) is 9.25. The van der Waals surface area contributed by atoms with Crippen molar-refractivity contribution in [3.63, 3.8) is 0 Å². The van der Waals surface area contributed by atoms with Crippen molar-refractivity contribution >= 4 is 11.9 Å². The molecule has 0 spiro atoms. The van der Waals surface area contributed by atoms with Crippen LogP contribution < -0.4 is 5.32 Å². The van der Waals surface area contributed by atoms with Gasteiger partial charge in [-0.2, -0.15) is 0 Å². The molecule has 0 aliphatic carbocycles. The van der Waals surface area contributed by atoms with Crippen LogP contribution in [0.25, 0.3) is 0 Å². The summed E-state index contributed by atoms with van der Waals surface area (Å²) in [5.74, 6) is -0.496. The molecule has 0 rings (SSSR count). The Morgan fingerprint density at radius 2 is 0.742 bits per heavy atom. The first-order valence-corrected chi connectivity index (χ1v) is 29.6. The fraction of sp³-hybridized carbons (Fsp3) is 0.900. The molecule has 0 bridgehead atoms. The van der Waals surface area contributed by atoms with Crippen molar-refractivity contribution in [3.8, 4) is 0 Å². The molecule has 0 aliphatic rings. The largest absolute Gasteiger partial charge is 0.462 e. The molecule has 6 nitrogen and oxygen atoms in total. The van der Waals surface area contributed by atoms with Crippen molar-refractivity contribution < 1.29 is 24.5 Å². The minimum absolute atomic E-state index is 0.0580. The zero-order valence-electron chi connectivity index (χ0n) is 44.6. The molecular formula is C60H115NO5. The van der Waals surface area contributed by atoms with Crippen molar-refractivity contribution in [1.29, 1.82) is 0 Å². The van der Waals surface area contributed by atoms with Gasteiger partial charge < -0.3 is 20.3 Å². The number of carbonyl (C=O) groups excluding carboxylic acids is 2. The number of esters is 1. The lowest BCUT2D eigenvalue weighted by molar-refractivity contribution is -0.151. The number of allylic oxidation sites excluding steroid dienone is 4. The maximum Gasteiger partial charge on any atom is 0.306 e. The Morgan fingerprint density at radius 1 is 0.424 bits per heavy atom. The van der Waals surface area contributed by atoms with Gasteiger partial charge in [-0.25, -0.2) is 0 Å². The highest BCUT2D eigenvalue weighted by Crippen LogP contribution is 2.18. The zero-order valence-corrected chi connectivity index (χ0v) is 44.6. The second kappa shape index (κ2) is 54.3. The quantitative estimate of drug-likeness (QED) is 0.0321. The second-order valence-electron chi connectivity index (χ2n) is 20.4. The maximum absolute atomic E-state index is 13.3. The van der Waals surface area contributed by atoms with Gasteiger partial charge >= 0.3 is 5.97 Å². The molecule has 66 heavy (non-hydrogen) atoms. The summed E-state index contributed by atoms with van der Waals surface area (Å²) in [6, 6.07) is -0.709. The Morgan fingerprint density at radius 3 is 1.11 bits per heavy atom. The molecule has 0 aliphatic heterocycles. The van der Waals surface area contributed by atoms with Crippen LogP contribution in [0.4, 0.5) is 0 Å². The van der Waals surface area contributed by atoms with Crippen molar-refractivity contribution in [1.82, 2.24) is 5.32 Å². The van der Waals surface area contributed by atoms with Gasteiger partial charge in [0.2, 0.25) is 5.91 Å². The first-order valence-electron chi connectivity index (χ1n) is 29.6. The molecule has 0 aromatic carbocycles. The van der Waals surface area contributed by atoms with Crippen molar-refractivity contribution in [2.75, 3.05) is 6.61 Å². The van der Waals surface area contributed by atoms with Crippen LogP contribution >= 0.6 is 0 Å². The lowest BCUT2D eigenvalue weighted by Crippen LogP contribution is -2.46. The van der Waals surface area contributed by atoms with Crippen molar-refractivity contribution in [2.24, 2.45) is 0 Å². The van der Waals surface area contributed by atoms with Crippen LogP contribution in [-0.2, 0) is 14.3 Å². The Hall–Kier alpha value is -1.66. The van der Waals surface area contributed by atoms with Gasteiger partial charge in [0.1, 0.15) is 6.10 Å². The van der Waals surface area contributed by atoms with Crippen LogP contribution in [0.1, 0.15) is 323 Å². The van der Waals surface area contributed by atoms with Crippen LogP contribution in [-0.4, -0.2) is 46.9 Å². The molecule has 3 unspecified atom stereocenters. The minimum atomic E-state index is -0.793. The summed E-state index contributed by atoms with van der Waals surface area (Å²) in [4.78, 5) is 26.2. The Bertz CT molecular complexity index is 1040. The number of amides is 1. The molecule has 0 saturated heterocycles. The van der Waals surface area contributed by atoms with E-state index in [1.807, 2.05) is 0 Å². The van der Waals surface area contributed by atoms with E-state index in [0.29, 0.717) is 19.3 Å². The van der Waals surface area contributed by atoms with E-state index in [4.69, 9.17) is 4.74 Å². The van der Waals surface area contributed by atoms with Gasteiger partial charge in [0.25, 0.3) is 0 Å². The maximum atomic E-state index is 13.3. The van der Waals surface area contributed by atoms with Gasteiger partial charge in [-0.1, -0.05) is 263 Å². The lowest BCUT2D eigenvalue weighted by Gasteiger charge is -2.24. The van der Waals surface area contributed by atoms with Gasteiger partial charge in [0, 0.05) is 6.42 Å². The normalized spacial score (nSPS) is 13.2. The van der Waals surface area contributed by atoms with E-state index in [1.165, 1.54) is 218 Å². The summed E-state index contributed by atoms with van der Waals surface area (Å²) in [6.07, 6.45) is 64.0. The summed E-state index contributed by atoms with van der Waals surface area (Å²) < 4.78 is 5.94. The molecule has 0 radical (unpaired) electrons. The first-order chi connectivity index (χ1) is 32.5. The predicted octanol–water partition coefficient (Wildman–Crippen LogP) is 18.2. The van der Waals surface area contributed by atoms with E-state index >= 15 is 0 Å². The number of aliphatic hydroxyl groups excluding tert-OH is 2. The SMILES string of the molecule is CCCCCCCCC/C=C\CCCC(CC(=O)NC(CO)C(O)CCCCCCCCCCCCCCCCCCC)OC(=O)CCCCCCC/C=C/CCCCCCCCCCC. The van der Waals surface area contributed by atoms with Gasteiger partial charge in [-0.15, -0.1) is 0 Å². The van der Waals surface area contributed by atoms with Crippen LogP contribution in [0.5, 0.6) is 0 Å². The topological polar surface area (TPSA) is 95.9 Å². The average molecular weight is 931 g/mol. The van der Waals surface area contributed by atoms with Crippen LogP contribution in [0.3, 0.4) is 0 Å². The second-order valence-corrected chi connectivity index (χ2v) is 20.4. The monoisotopic (exact) mass is 930 g/mol. The fourth-order valence-corrected chi connectivity index (χ4v) is 9.25. The highest BCUT2D eigenvalue weighted by molar-refractivity contribution is 5.77. The summed E-state index contributed by atoms with van der Waals surface area (Å²) in [5.41, 5.74) is 0. The highest BCUT2D eigenvalue weighted by Gasteiger charge is 2.24. The summed E-state index contributed by atoms with van der Waals surface area (Å²) in [5, 5.41) is 23.9. The molecule has 0 fully saturated rings. The first kappa shape index (κ1) is 64.3. The zero-order chi connectivity index (χ0) is 48.1. The Kier molecular flexibility index (Phi) is 52.9. The van der Waals surface area contributed by atoms with Crippen LogP contribution in [0.15, 0.2) is 24.3 Å². The standard InChI is InChI=1S/C60H115NO5/c1-4-7-10-13-16-19-22-25-27-29-31-33-35-38-41-44-47-50-53-60(65)66-56(51-48-45-42-39-36-24-21-18-15-12-9-6-3)54-59(64)61-57(55-62)58(63)52-49-46-43-40-37-34-32-30-28-26-23-20-17-14-11-8-5-2/h31,33,39,42,56-58,62-63H,4-30,32,34-38,40-41,43-55H2,1-3H3,(H,61,64)/b33-31+,42-39-. The van der Waals surface area contributed by atoms with Crippen molar-refractivity contribution in [2.45, 2.75) is 341 Å². The highest BCUT2D eigenvalue weighted by atomic mass is 16.5. The molecule has 3 N–H and O–H groups in total. The number of rotatable bonds is 54. The molecule has 6 heteroatoms.